The molecule has 0 aliphatic carbocycles. The number of carbonyl (C=O) groups is 4. The number of halogens is 1. The second-order valence-electron chi connectivity index (χ2n) is 11.0. The van der Waals surface area contributed by atoms with Crippen LogP contribution in [0, 0.1) is 0 Å². The summed E-state index contributed by atoms with van der Waals surface area (Å²) in [6.45, 7) is 4.18. The van der Waals surface area contributed by atoms with Crippen molar-refractivity contribution in [3.8, 4) is 0 Å². The van der Waals surface area contributed by atoms with Crippen molar-refractivity contribution in [3.63, 3.8) is 0 Å². The van der Waals surface area contributed by atoms with Crippen molar-refractivity contribution in [2.45, 2.75) is 0 Å². The lowest BCUT2D eigenvalue weighted by Gasteiger charge is -2.29. The van der Waals surface area contributed by atoms with E-state index in [-0.39, 0.29) is 41.4 Å². The van der Waals surface area contributed by atoms with Crippen molar-refractivity contribution < 1.29 is 33.4 Å². The SMILES string of the molecule is COCCN1C(=O)C(Cl)=C(c2ccccc2)C1=O.COCCN1C(=O)C(Nc2ccc(N3CCOCC3)cc2)=C(c2ccccc2)C1=O. The highest BCUT2D eigenvalue weighted by Crippen LogP contribution is 2.32. The Bertz CT molecular complexity index is 1690. The number of hydrogen-bond donors (Lipinski definition) is 1. The molecule has 6 rings (SSSR count). The van der Waals surface area contributed by atoms with E-state index in [0.717, 1.165) is 42.6 Å². The molecule has 1 saturated heterocycles. The Kier molecular flexibility index (Phi) is 11.8. The summed E-state index contributed by atoms with van der Waals surface area (Å²) in [6, 6.07) is 26.1. The van der Waals surface area contributed by atoms with E-state index in [1.807, 2.05) is 60.7 Å². The number of benzene rings is 3. The van der Waals surface area contributed by atoms with Crippen molar-refractivity contribution in [1.82, 2.24) is 9.80 Å². The molecular weight excluding hydrogens is 636 g/mol. The molecule has 3 aliphatic heterocycles. The fourth-order valence-electron chi connectivity index (χ4n) is 5.46. The first-order valence-corrected chi connectivity index (χ1v) is 15.9. The number of amides is 4. The number of ether oxygens (including phenoxy) is 3. The fourth-order valence-corrected chi connectivity index (χ4v) is 5.75. The zero-order valence-electron chi connectivity index (χ0n) is 26.8. The first kappa shape index (κ1) is 34.5. The van der Waals surface area contributed by atoms with Gasteiger partial charge in [0.1, 0.15) is 10.7 Å². The fraction of sp³-hybridized carbons (Fsp3) is 0.278. The maximum absolute atomic E-state index is 13.0. The largest absolute Gasteiger partial charge is 0.383 e. The molecule has 0 radical (unpaired) electrons. The number of methoxy groups -OCH3 is 2. The number of rotatable bonds is 11. The van der Waals surface area contributed by atoms with Gasteiger partial charge in [-0.1, -0.05) is 72.3 Å². The van der Waals surface area contributed by atoms with Gasteiger partial charge in [0.05, 0.1) is 50.7 Å². The summed E-state index contributed by atoms with van der Waals surface area (Å²) in [6.07, 6.45) is 0. The second kappa shape index (κ2) is 16.3. The lowest BCUT2D eigenvalue weighted by Crippen LogP contribution is -2.36. The molecule has 3 aromatic rings. The molecule has 0 spiro atoms. The Hall–Kier alpha value is -4.81. The van der Waals surface area contributed by atoms with E-state index >= 15 is 0 Å². The molecule has 3 heterocycles. The highest BCUT2D eigenvalue weighted by Gasteiger charge is 2.39. The van der Waals surface area contributed by atoms with E-state index in [9.17, 15) is 19.2 Å². The number of imide groups is 2. The summed E-state index contributed by atoms with van der Waals surface area (Å²) in [7, 11) is 3.06. The average Bonchev–Trinajstić information content (AvgIpc) is 3.49. The van der Waals surface area contributed by atoms with Gasteiger partial charge in [0.25, 0.3) is 23.6 Å². The van der Waals surface area contributed by atoms with Gasteiger partial charge in [-0.3, -0.25) is 29.0 Å². The number of morpholine rings is 1. The molecule has 1 fully saturated rings. The smallest absolute Gasteiger partial charge is 0.278 e. The lowest BCUT2D eigenvalue weighted by atomic mass is 10.0. The van der Waals surface area contributed by atoms with Gasteiger partial charge in [0.15, 0.2) is 0 Å². The molecule has 0 saturated carbocycles. The van der Waals surface area contributed by atoms with Crippen LogP contribution in [0.25, 0.3) is 11.1 Å². The predicted molar refractivity (Wildman–Crippen MR) is 183 cm³/mol. The first-order chi connectivity index (χ1) is 23.3. The van der Waals surface area contributed by atoms with Crippen LogP contribution in [-0.2, 0) is 33.4 Å². The van der Waals surface area contributed by atoms with E-state index in [1.54, 1.807) is 31.4 Å². The van der Waals surface area contributed by atoms with E-state index in [4.69, 9.17) is 25.8 Å². The third-order valence-corrected chi connectivity index (χ3v) is 8.31. The molecular formula is C36H37ClN4O7. The summed E-state index contributed by atoms with van der Waals surface area (Å²) < 4.78 is 15.3. The molecule has 0 unspecified atom stereocenters. The number of nitrogens with zero attached hydrogens (tertiary/aromatic N) is 3. The third kappa shape index (κ3) is 7.66. The zero-order valence-corrected chi connectivity index (χ0v) is 27.6. The molecule has 48 heavy (non-hydrogen) atoms. The number of anilines is 2. The predicted octanol–water partition coefficient (Wildman–Crippen LogP) is 4.01. The molecule has 0 aromatic heterocycles. The van der Waals surface area contributed by atoms with Gasteiger partial charge in [-0.25, -0.2) is 0 Å². The Morgan fingerprint density at radius 1 is 0.667 bits per heavy atom. The minimum atomic E-state index is -0.461. The van der Waals surface area contributed by atoms with Crippen LogP contribution in [0.5, 0.6) is 0 Å². The van der Waals surface area contributed by atoms with Crippen LogP contribution in [0.2, 0.25) is 0 Å². The van der Waals surface area contributed by atoms with Crippen molar-refractivity contribution >= 4 is 57.8 Å². The molecule has 12 heteroatoms. The van der Waals surface area contributed by atoms with Crippen molar-refractivity contribution in [1.29, 1.82) is 0 Å². The molecule has 1 N–H and O–H groups in total. The second-order valence-corrected chi connectivity index (χ2v) is 11.3. The molecule has 3 aromatic carbocycles. The van der Waals surface area contributed by atoms with E-state index in [2.05, 4.69) is 10.2 Å². The summed E-state index contributed by atoms with van der Waals surface area (Å²) in [5.41, 5.74) is 4.17. The number of hydrogen-bond acceptors (Lipinski definition) is 9. The highest BCUT2D eigenvalue weighted by atomic mass is 35.5. The van der Waals surface area contributed by atoms with Crippen LogP contribution < -0.4 is 10.2 Å². The highest BCUT2D eigenvalue weighted by molar-refractivity contribution is 6.55. The molecule has 250 valence electrons. The Labute approximate surface area is 284 Å². The van der Waals surface area contributed by atoms with Gasteiger partial charge in [0, 0.05) is 38.7 Å². The molecule has 0 atom stereocenters. The first-order valence-electron chi connectivity index (χ1n) is 15.5. The van der Waals surface area contributed by atoms with E-state index in [0.29, 0.717) is 35.6 Å². The van der Waals surface area contributed by atoms with Crippen LogP contribution in [0.4, 0.5) is 11.4 Å². The Morgan fingerprint density at radius 2 is 1.17 bits per heavy atom. The molecule has 3 aliphatic rings. The van der Waals surface area contributed by atoms with Crippen LogP contribution >= 0.6 is 11.6 Å². The van der Waals surface area contributed by atoms with Crippen molar-refractivity contribution in [3.05, 3.63) is 107 Å². The van der Waals surface area contributed by atoms with Crippen LogP contribution in [0.1, 0.15) is 11.1 Å². The summed E-state index contributed by atoms with van der Waals surface area (Å²) in [5.74, 6) is -1.48. The minimum absolute atomic E-state index is 0.0256. The zero-order chi connectivity index (χ0) is 34.0. The summed E-state index contributed by atoms with van der Waals surface area (Å²) in [4.78, 5) is 54.7. The van der Waals surface area contributed by atoms with Gasteiger partial charge in [0.2, 0.25) is 0 Å². The van der Waals surface area contributed by atoms with Crippen LogP contribution in [0.3, 0.4) is 0 Å². The normalized spacial score (nSPS) is 16.6. The van der Waals surface area contributed by atoms with Gasteiger partial charge in [-0.05, 0) is 35.4 Å². The van der Waals surface area contributed by atoms with Gasteiger partial charge < -0.3 is 24.4 Å². The standard InChI is InChI=1S/C23H25N3O4.C13H12ClNO3/c1-29-14-13-26-22(27)20(17-5-3-2-4-6-17)21(23(26)28)24-18-7-9-19(10-8-18)25-11-15-30-16-12-25;1-18-8-7-15-12(16)10(11(14)13(15)17)9-5-3-2-4-6-9/h2-10,24H,11-16H2,1H3;2-6H,7-8H2,1H3. The lowest BCUT2D eigenvalue weighted by molar-refractivity contribution is -0.138. The quantitative estimate of drug-likeness (QED) is 0.302. The van der Waals surface area contributed by atoms with Gasteiger partial charge in [-0.2, -0.15) is 0 Å². The molecule has 11 nitrogen and oxygen atoms in total. The summed E-state index contributed by atoms with van der Waals surface area (Å²) >= 11 is 5.96. The maximum atomic E-state index is 13.0. The Balaban J connectivity index is 0.000000214. The molecule has 0 bridgehead atoms. The van der Waals surface area contributed by atoms with Gasteiger partial charge >= 0.3 is 0 Å². The van der Waals surface area contributed by atoms with E-state index < -0.39 is 5.91 Å². The topological polar surface area (TPSA) is 118 Å². The number of carbonyl (C=O) groups excluding carboxylic acids is 4. The summed E-state index contributed by atoms with van der Waals surface area (Å²) in [5, 5.41) is 3.16. The number of nitrogens with one attached hydrogen (secondary N) is 1. The van der Waals surface area contributed by atoms with Crippen LogP contribution in [0.15, 0.2) is 95.7 Å². The maximum Gasteiger partial charge on any atom is 0.278 e. The Morgan fingerprint density at radius 3 is 1.71 bits per heavy atom. The van der Waals surface area contributed by atoms with Crippen LogP contribution in [-0.4, -0.2) is 100 Å². The van der Waals surface area contributed by atoms with Crippen molar-refractivity contribution in [2.75, 3.05) is 77.0 Å². The van der Waals surface area contributed by atoms with Gasteiger partial charge in [-0.15, -0.1) is 0 Å². The molecule has 4 amide bonds. The average molecular weight is 673 g/mol. The van der Waals surface area contributed by atoms with Crippen molar-refractivity contribution in [2.24, 2.45) is 0 Å². The third-order valence-electron chi connectivity index (χ3n) is 7.96. The van der Waals surface area contributed by atoms with E-state index in [1.165, 1.54) is 12.0 Å². The minimum Gasteiger partial charge on any atom is -0.383 e. The monoisotopic (exact) mass is 672 g/mol.